The van der Waals surface area contributed by atoms with E-state index in [0.717, 1.165) is 18.7 Å². The van der Waals surface area contributed by atoms with Crippen LogP contribution in [0.1, 0.15) is 44.6 Å². The first-order valence-electron chi connectivity index (χ1n) is 11.8. The summed E-state index contributed by atoms with van der Waals surface area (Å²) in [6.07, 6.45) is 2.32. The van der Waals surface area contributed by atoms with Crippen LogP contribution in [-0.2, 0) is 25.7 Å². The number of carbonyl (C=O) groups is 4. The number of Topliss-reactive ketones (excluding diaryl/α,β-unsaturated/α-hetero) is 1. The Kier molecular flexibility index (Phi) is 17.0. The molecule has 0 spiro atoms. The van der Waals surface area contributed by atoms with Gasteiger partial charge in [0.05, 0.1) is 6.04 Å². The number of unbranched alkanes of at least 4 members (excludes halogenated alkanes) is 1. The summed E-state index contributed by atoms with van der Waals surface area (Å²) in [6.45, 7) is 5.35. The highest BCUT2D eigenvalue weighted by Crippen LogP contribution is 2.11. The van der Waals surface area contributed by atoms with Gasteiger partial charge < -0.3 is 26.6 Å². The Morgan fingerprint density at radius 2 is 1.69 bits per heavy atom. The number of hydrogen-bond donors (Lipinski definition) is 4. The van der Waals surface area contributed by atoms with E-state index in [0.29, 0.717) is 45.3 Å². The average Bonchev–Trinajstić information content (AvgIpc) is 2.85. The minimum absolute atomic E-state index is 0. The van der Waals surface area contributed by atoms with Crippen LogP contribution >= 0.6 is 24.8 Å². The van der Waals surface area contributed by atoms with E-state index in [-0.39, 0.29) is 49.6 Å². The molecule has 5 N–H and O–H groups in total. The smallest absolute Gasteiger partial charge is 0.289 e. The highest BCUT2D eigenvalue weighted by molar-refractivity contribution is 6.38. The Labute approximate surface area is 220 Å². The summed E-state index contributed by atoms with van der Waals surface area (Å²) in [5.74, 6) is -2.13. The third kappa shape index (κ3) is 11.9. The maximum absolute atomic E-state index is 12.8. The van der Waals surface area contributed by atoms with Gasteiger partial charge in [-0.2, -0.15) is 0 Å². The van der Waals surface area contributed by atoms with Crippen molar-refractivity contribution in [2.24, 2.45) is 11.7 Å². The molecule has 0 saturated carbocycles. The molecule has 198 valence electrons. The Morgan fingerprint density at radius 1 is 1.03 bits per heavy atom. The number of nitrogens with two attached hydrogens (primary N) is 1. The van der Waals surface area contributed by atoms with E-state index >= 15 is 0 Å². The molecule has 0 radical (unpaired) electrons. The van der Waals surface area contributed by atoms with Crippen molar-refractivity contribution >= 4 is 48.3 Å². The molecule has 1 aromatic carbocycles. The van der Waals surface area contributed by atoms with Crippen LogP contribution in [0.5, 0.6) is 0 Å². The summed E-state index contributed by atoms with van der Waals surface area (Å²) < 4.78 is 0. The number of carbonyl (C=O) groups excluding carboxylic acids is 4. The Morgan fingerprint density at radius 3 is 2.31 bits per heavy atom. The largest absolute Gasteiger partial charge is 0.345 e. The lowest BCUT2D eigenvalue weighted by molar-refractivity contribution is -0.140. The van der Waals surface area contributed by atoms with Crippen molar-refractivity contribution in [3.63, 3.8) is 0 Å². The third-order valence-corrected chi connectivity index (χ3v) is 5.81. The van der Waals surface area contributed by atoms with Gasteiger partial charge >= 0.3 is 0 Å². The lowest BCUT2D eigenvalue weighted by atomic mass is 10.0. The van der Waals surface area contributed by atoms with E-state index < -0.39 is 23.7 Å². The SMILES string of the molecule is C[C@@H](CCC(=O)N1CCNCC1)C(=O)N[C@@H](CCCCN)C(=O)C(=O)NCc1ccccc1.Cl.Cl. The van der Waals surface area contributed by atoms with Crippen molar-refractivity contribution in [1.82, 2.24) is 20.9 Å². The molecule has 3 amide bonds. The summed E-state index contributed by atoms with van der Waals surface area (Å²) in [5.41, 5.74) is 6.43. The molecule has 1 aromatic rings. The number of benzene rings is 1. The molecule has 0 aromatic heterocycles. The van der Waals surface area contributed by atoms with Gasteiger partial charge in [-0.3, -0.25) is 19.2 Å². The molecule has 2 atom stereocenters. The number of rotatable bonds is 13. The van der Waals surface area contributed by atoms with Gasteiger partial charge in [-0.15, -0.1) is 24.8 Å². The van der Waals surface area contributed by atoms with Crippen molar-refractivity contribution in [2.75, 3.05) is 32.7 Å². The molecule has 0 bridgehead atoms. The zero-order valence-corrected chi connectivity index (χ0v) is 21.9. The van der Waals surface area contributed by atoms with E-state index in [9.17, 15) is 19.2 Å². The van der Waals surface area contributed by atoms with Crippen LogP contribution in [0.15, 0.2) is 30.3 Å². The van der Waals surface area contributed by atoms with E-state index in [2.05, 4.69) is 16.0 Å². The van der Waals surface area contributed by atoms with Crippen LogP contribution in [0.3, 0.4) is 0 Å². The number of hydrogen-bond acceptors (Lipinski definition) is 6. The van der Waals surface area contributed by atoms with Crippen LogP contribution in [0, 0.1) is 5.92 Å². The second-order valence-electron chi connectivity index (χ2n) is 8.45. The predicted molar refractivity (Wildman–Crippen MR) is 140 cm³/mol. The molecule has 1 saturated heterocycles. The van der Waals surface area contributed by atoms with Crippen molar-refractivity contribution in [1.29, 1.82) is 0 Å². The quantitative estimate of drug-likeness (QED) is 0.223. The fourth-order valence-electron chi connectivity index (χ4n) is 3.64. The molecule has 1 aliphatic heterocycles. The number of nitrogens with zero attached hydrogens (tertiary/aromatic N) is 1. The lowest BCUT2D eigenvalue weighted by Crippen LogP contribution is -2.49. The molecule has 1 fully saturated rings. The maximum Gasteiger partial charge on any atom is 0.289 e. The van der Waals surface area contributed by atoms with Gasteiger partial charge in [0.2, 0.25) is 17.6 Å². The zero-order chi connectivity index (χ0) is 24.1. The van der Waals surface area contributed by atoms with E-state index in [4.69, 9.17) is 5.73 Å². The summed E-state index contributed by atoms with van der Waals surface area (Å²) in [6, 6.07) is 8.38. The van der Waals surface area contributed by atoms with Crippen LogP contribution in [-0.4, -0.2) is 67.2 Å². The minimum Gasteiger partial charge on any atom is -0.345 e. The molecule has 0 unspecified atom stereocenters. The summed E-state index contributed by atoms with van der Waals surface area (Å²) in [4.78, 5) is 52.1. The molecule has 0 aliphatic carbocycles. The molecule has 1 aliphatic rings. The van der Waals surface area contributed by atoms with E-state index in [1.54, 1.807) is 11.8 Å². The molecule has 11 heteroatoms. The van der Waals surface area contributed by atoms with Gasteiger partial charge in [0.25, 0.3) is 5.91 Å². The van der Waals surface area contributed by atoms with Crippen LogP contribution < -0.4 is 21.7 Å². The van der Waals surface area contributed by atoms with Crippen LogP contribution in [0.2, 0.25) is 0 Å². The number of nitrogens with one attached hydrogen (secondary N) is 3. The molecular formula is C24H39Cl2N5O4. The number of halogens is 2. The van der Waals surface area contributed by atoms with Gasteiger partial charge in [-0.25, -0.2) is 0 Å². The Balaban J connectivity index is 0.00000578. The number of ketones is 1. The lowest BCUT2D eigenvalue weighted by Gasteiger charge is -2.28. The first kappa shape index (κ1) is 32.8. The summed E-state index contributed by atoms with van der Waals surface area (Å²) >= 11 is 0. The van der Waals surface area contributed by atoms with Gasteiger partial charge in [0.1, 0.15) is 0 Å². The first-order chi connectivity index (χ1) is 15.9. The normalized spacial score (nSPS) is 14.5. The average molecular weight is 533 g/mol. The second-order valence-corrected chi connectivity index (χ2v) is 8.45. The first-order valence-corrected chi connectivity index (χ1v) is 11.8. The maximum atomic E-state index is 12.8. The standard InChI is InChI=1S/C24H37N5O4.2ClH/c1-18(10-11-21(30)29-15-13-26-14-16-29)23(32)28-20(9-5-6-12-25)22(31)24(33)27-17-19-7-3-2-4-8-19;;/h2-4,7-8,18,20,26H,5-6,9-17,25H2,1H3,(H,27,33)(H,28,32);2*1H/t18-,20-;;/m0../s1. The van der Waals surface area contributed by atoms with Crippen LogP contribution in [0.25, 0.3) is 0 Å². The molecule has 35 heavy (non-hydrogen) atoms. The molecule has 9 nitrogen and oxygen atoms in total. The fraction of sp³-hybridized carbons (Fsp3) is 0.583. The fourth-order valence-corrected chi connectivity index (χ4v) is 3.64. The molecular weight excluding hydrogens is 493 g/mol. The highest BCUT2D eigenvalue weighted by atomic mass is 35.5. The van der Waals surface area contributed by atoms with Crippen molar-refractivity contribution in [2.45, 2.75) is 51.6 Å². The Hall–Kier alpha value is -2.20. The summed E-state index contributed by atoms with van der Waals surface area (Å²) in [5, 5.41) is 8.56. The van der Waals surface area contributed by atoms with Gasteiger partial charge in [0.15, 0.2) is 0 Å². The number of piperazine rings is 1. The van der Waals surface area contributed by atoms with Crippen molar-refractivity contribution in [3.8, 4) is 0 Å². The zero-order valence-electron chi connectivity index (χ0n) is 20.3. The minimum atomic E-state index is -0.911. The second kappa shape index (κ2) is 18.1. The third-order valence-electron chi connectivity index (χ3n) is 5.81. The molecule has 1 heterocycles. The Bertz CT molecular complexity index is 791. The van der Waals surface area contributed by atoms with Crippen molar-refractivity contribution in [3.05, 3.63) is 35.9 Å². The summed E-state index contributed by atoms with van der Waals surface area (Å²) in [7, 11) is 0. The topological polar surface area (TPSA) is 134 Å². The van der Waals surface area contributed by atoms with E-state index in [1.807, 2.05) is 30.3 Å². The highest BCUT2D eigenvalue weighted by Gasteiger charge is 2.28. The van der Waals surface area contributed by atoms with Gasteiger partial charge in [-0.05, 0) is 37.8 Å². The van der Waals surface area contributed by atoms with Crippen molar-refractivity contribution < 1.29 is 19.2 Å². The van der Waals surface area contributed by atoms with Crippen LogP contribution in [0.4, 0.5) is 0 Å². The molecule has 2 rings (SSSR count). The van der Waals surface area contributed by atoms with Gasteiger partial charge in [-0.1, -0.05) is 37.3 Å². The predicted octanol–water partition coefficient (Wildman–Crippen LogP) is 1.18. The van der Waals surface area contributed by atoms with Gasteiger partial charge in [0, 0.05) is 45.1 Å². The number of amides is 3. The van der Waals surface area contributed by atoms with E-state index in [1.165, 1.54) is 0 Å². The monoisotopic (exact) mass is 531 g/mol.